The molecule has 1 heterocycles. The average Bonchev–Trinajstić information content (AvgIpc) is 3.01. The van der Waals surface area contributed by atoms with Gasteiger partial charge in [-0.1, -0.05) is 40.6 Å². The lowest BCUT2D eigenvalue weighted by molar-refractivity contribution is 0.0636. The molecule has 0 fully saturated rings. The lowest BCUT2D eigenvalue weighted by Crippen LogP contribution is -2.29. The van der Waals surface area contributed by atoms with E-state index in [4.69, 9.17) is 27.9 Å². The molecule has 0 bridgehead atoms. The summed E-state index contributed by atoms with van der Waals surface area (Å²) in [6.07, 6.45) is 0.991. The number of carbonyl (C=O) groups excluding carboxylic acids is 1. The number of hydrogen-bond acceptors (Lipinski definition) is 6. The fourth-order valence-corrected chi connectivity index (χ4v) is 4.00. The van der Waals surface area contributed by atoms with Crippen molar-refractivity contribution in [3.05, 3.63) is 56.4 Å². The SMILES string of the molecule is C=C(C)[S@@+]([O-])NC(c1ccc(Cl)c(Cl)c1)c1cnc(NC(=O)OC(C)(C)C)s1. The summed E-state index contributed by atoms with van der Waals surface area (Å²) in [6.45, 7) is 10.7. The number of benzene rings is 1. The Bertz CT molecular complexity index is 868. The maximum absolute atomic E-state index is 12.3. The number of amides is 1. The maximum atomic E-state index is 12.3. The standard InChI is InChI=1S/C18H21Cl2N3O3S2/c1-10(2)28(25)23-15(11-6-7-12(19)13(20)8-11)14-9-21-16(27-14)22-17(24)26-18(3,4)5/h6-9,15,23H,1H2,2-5H3,(H,21,22,24)/t15?,28-/m1/s1. The molecule has 1 aromatic carbocycles. The summed E-state index contributed by atoms with van der Waals surface area (Å²) < 4.78 is 20.6. The fraction of sp³-hybridized carbons (Fsp3) is 0.333. The predicted octanol–water partition coefficient (Wildman–Crippen LogP) is 5.67. The summed E-state index contributed by atoms with van der Waals surface area (Å²) in [4.78, 5) is 17.4. The molecule has 1 unspecified atom stereocenters. The zero-order chi connectivity index (χ0) is 21.1. The Hall–Kier alpha value is -1.29. The molecule has 6 nitrogen and oxygen atoms in total. The molecule has 1 amide bonds. The summed E-state index contributed by atoms with van der Waals surface area (Å²) in [7, 11) is 0. The van der Waals surface area contributed by atoms with Crippen molar-refractivity contribution < 1.29 is 14.1 Å². The van der Waals surface area contributed by atoms with Crippen molar-refractivity contribution in [3.63, 3.8) is 0 Å². The van der Waals surface area contributed by atoms with Gasteiger partial charge in [-0.3, -0.25) is 5.32 Å². The van der Waals surface area contributed by atoms with Crippen molar-refractivity contribution in [3.8, 4) is 0 Å². The van der Waals surface area contributed by atoms with Crippen LogP contribution in [0.15, 0.2) is 35.9 Å². The molecule has 0 saturated carbocycles. The van der Waals surface area contributed by atoms with E-state index in [-0.39, 0.29) is 0 Å². The lowest BCUT2D eigenvalue weighted by atomic mass is 10.1. The van der Waals surface area contributed by atoms with Gasteiger partial charge < -0.3 is 9.29 Å². The number of nitrogens with one attached hydrogen (secondary N) is 2. The molecule has 0 radical (unpaired) electrons. The molecule has 0 spiro atoms. The van der Waals surface area contributed by atoms with Gasteiger partial charge in [0.25, 0.3) is 0 Å². The number of aromatic nitrogens is 1. The van der Waals surface area contributed by atoms with Gasteiger partial charge in [0.1, 0.15) is 16.5 Å². The average molecular weight is 462 g/mol. The van der Waals surface area contributed by atoms with Crippen molar-refractivity contribution >= 4 is 57.1 Å². The van der Waals surface area contributed by atoms with Crippen LogP contribution in [0, 0.1) is 0 Å². The number of halogens is 2. The van der Waals surface area contributed by atoms with Crippen LogP contribution in [0.25, 0.3) is 0 Å². The van der Waals surface area contributed by atoms with Gasteiger partial charge in [0.05, 0.1) is 26.3 Å². The third kappa shape index (κ3) is 6.65. The molecule has 2 N–H and O–H groups in total. The third-order valence-corrected chi connectivity index (χ3v) is 6.03. The van der Waals surface area contributed by atoms with Crippen LogP contribution in [0.3, 0.4) is 0 Å². The number of ether oxygens (including phenoxy) is 1. The first-order valence-electron chi connectivity index (χ1n) is 8.20. The van der Waals surface area contributed by atoms with E-state index in [1.165, 1.54) is 11.3 Å². The number of nitrogens with zero attached hydrogens (tertiary/aromatic N) is 1. The Morgan fingerprint density at radius 2 is 2.04 bits per heavy atom. The van der Waals surface area contributed by atoms with Gasteiger partial charge in [-0.25, -0.2) is 9.78 Å². The van der Waals surface area contributed by atoms with Crippen LogP contribution in [0.5, 0.6) is 0 Å². The van der Waals surface area contributed by atoms with Gasteiger partial charge in [-0.05, 0) is 45.0 Å². The number of anilines is 1. The van der Waals surface area contributed by atoms with Gasteiger partial charge in [0.2, 0.25) is 0 Å². The Morgan fingerprint density at radius 3 is 2.61 bits per heavy atom. The van der Waals surface area contributed by atoms with E-state index in [0.29, 0.717) is 20.1 Å². The van der Waals surface area contributed by atoms with Crippen molar-refractivity contribution in [1.82, 2.24) is 9.71 Å². The highest BCUT2D eigenvalue weighted by Gasteiger charge is 2.25. The smallest absolute Gasteiger partial charge is 0.413 e. The minimum absolute atomic E-state index is 0.359. The topological polar surface area (TPSA) is 86.3 Å². The monoisotopic (exact) mass is 461 g/mol. The van der Waals surface area contributed by atoms with Crippen LogP contribution < -0.4 is 10.0 Å². The molecule has 0 aliphatic rings. The van der Waals surface area contributed by atoms with Crippen LogP contribution in [-0.2, 0) is 16.1 Å². The maximum Gasteiger partial charge on any atom is 0.413 e. The van der Waals surface area contributed by atoms with Gasteiger partial charge in [-0.15, -0.1) is 4.72 Å². The summed E-state index contributed by atoms with van der Waals surface area (Å²) in [6, 6.07) is 4.65. The predicted molar refractivity (Wildman–Crippen MR) is 116 cm³/mol. The minimum atomic E-state index is -1.48. The first-order chi connectivity index (χ1) is 13.0. The molecule has 2 aromatic rings. The van der Waals surface area contributed by atoms with E-state index in [9.17, 15) is 9.35 Å². The van der Waals surface area contributed by atoms with E-state index in [0.717, 1.165) is 10.4 Å². The number of rotatable bonds is 6. The van der Waals surface area contributed by atoms with Crippen LogP contribution >= 0.6 is 34.5 Å². The van der Waals surface area contributed by atoms with E-state index >= 15 is 0 Å². The normalized spacial score (nSPS) is 13.7. The molecule has 28 heavy (non-hydrogen) atoms. The Morgan fingerprint density at radius 1 is 1.36 bits per heavy atom. The second kappa shape index (κ2) is 9.47. The second-order valence-corrected chi connectivity index (χ2v) is 10.2. The Labute approximate surface area is 181 Å². The number of hydrogen-bond donors (Lipinski definition) is 2. The molecule has 2 atom stereocenters. The van der Waals surface area contributed by atoms with Crippen molar-refractivity contribution in [1.29, 1.82) is 0 Å². The van der Waals surface area contributed by atoms with E-state index < -0.39 is 29.1 Å². The first-order valence-corrected chi connectivity index (χ1v) is 10.9. The highest BCUT2D eigenvalue weighted by molar-refractivity contribution is 7.93. The third-order valence-electron chi connectivity index (χ3n) is 3.23. The van der Waals surface area contributed by atoms with Crippen molar-refractivity contribution in [2.24, 2.45) is 0 Å². The summed E-state index contributed by atoms with van der Waals surface area (Å²) in [5.74, 6) is 0. The largest absolute Gasteiger partial charge is 0.593 e. The second-order valence-electron chi connectivity index (χ2n) is 6.89. The summed E-state index contributed by atoms with van der Waals surface area (Å²) in [5, 5.41) is 3.75. The molecule has 0 aliphatic heterocycles. The number of allylic oxidation sites excluding steroid dienone is 1. The summed E-state index contributed by atoms with van der Waals surface area (Å²) >= 11 is 11.9. The van der Waals surface area contributed by atoms with E-state index in [1.807, 2.05) is 0 Å². The molecule has 152 valence electrons. The van der Waals surface area contributed by atoms with Gasteiger partial charge in [-0.2, -0.15) is 0 Å². The van der Waals surface area contributed by atoms with Gasteiger partial charge in [0, 0.05) is 13.1 Å². The highest BCUT2D eigenvalue weighted by atomic mass is 35.5. The quantitative estimate of drug-likeness (QED) is 0.540. The summed E-state index contributed by atoms with van der Waals surface area (Å²) in [5.41, 5.74) is 0.128. The van der Waals surface area contributed by atoms with E-state index in [1.54, 1.807) is 52.1 Å². The number of carbonyl (C=O) groups is 1. The van der Waals surface area contributed by atoms with Gasteiger partial charge >= 0.3 is 6.09 Å². The molecule has 2 rings (SSSR count). The minimum Gasteiger partial charge on any atom is -0.593 e. The Kier molecular flexibility index (Phi) is 7.78. The first kappa shape index (κ1) is 23.0. The number of thiazole rings is 1. The lowest BCUT2D eigenvalue weighted by Gasteiger charge is -2.20. The van der Waals surface area contributed by atoms with Gasteiger partial charge in [0.15, 0.2) is 5.13 Å². The molecule has 1 aromatic heterocycles. The van der Waals surface area contributed by atoms with Crippen LogP contribution in [0.1, 0.15) is 44.2 Å². The Balaban J connectivity index is 2.28. The molecule has 0 aliphatic carbocycles. The molecular formula is C18H21Cl2N3O3S2. The zero-order valence-corrected chi connectivity index (χ0v) is 19.0. The molecular weight excluding hydrogens is 441 g/mol. The highest BCUT2D eigenvalue weighted by Crippen LogP contribution is 2.33. The van der Waals surface area contributed by atoms with Crippen molar-refractivity contribution in [2.45, 2.75) is 39.3 Å². The van der Waals surface area contributed by atoms with Crippen LogP contribution in [-0.4, -0.2) is 21.2 Å². The van der Waals surface area contributed by atoms with Crippen LogP contribution in [0.2, 0.25) is 10.0 Å². The zero-order valence-electron chi connectivity index (χ0n) is 15.8. The van der Waals surface area contributed by atoms with Crippen LogP contribution in [0.4, 0.5) is 9.93 Å². The molecule has 10 heteroatoms. The molecule has 0 saturated heterocycles. The fourth-order valence-electron chi connectivity index (χ4n) is 2.06. The van der Waals surface area contributed by atoms with Crippen molar-refractivity contribution in [2.75, 3.05) is 5.32 Å². The van der Waals surface area contributed by atoms with E-state index in [2.05, 4.69) is 21.6 Å².